The summed E-state index contributed by atoms with van der Waals surface area (Å²) in [5, 5.41) is 11.2. The number of fused-ring (bicyclic) bond motifs is 1. The number of amides is 1. The van der Waals surface area contributed by atoms with Crippen molar-refractivity contribution < 1.29 is 14.6 Å². The van der Waals surface area contributed by atoms with E-state index in [0.29, 0.717) is 54.4 Å². The zero-order valence-corrected chi connectivity index (χ0v) is 17.4. The number of carbonyl (C=O) groups is 1. The monoisotopic (exact) mass is 425 g/mol. The Morgan fingerprint density at radius 3 is 2.97 bits per heavy atom. The molecule has 3 heterocycles. The van der Waals surface area contributed by atoms with Gasteiger partial charge in [0.25, 0.3) is 5.91 Å². The van der Waals surface area contributed by atoms with Gasteiger partial charge in [0.2, 0.25) is 0 Å². The number of nitrogens with zero attached hydrogens (tertiary/aromatic N) is 5. The van der Waals surface area contributed by atoms with Gasteiger partial charge >= 0.3 is 0 Å². The summed E-state index contributed by atoms with van der Waals surface area (Å²) in [4.78, 5) is 27.3. The smallest absolute Gasteiger partial charge is 0.254 e. The minimum absolute atomic E-state index is 0.148. The van der Waals surface area contributed by atoms with Crippen LogP contribution in [0.3, 0.4) is 0 Å². The zero-order valence-electron chi connectivity index (χ0n) is 17.4. The van der Waals surface area contributed by atoms with Crippen molar-refractivity contribution in [2.45, 2.75) is 31.4 Å². The predicted molar refractivity (Wildman–Crippen MR) is 116 cm³/mol. The van der Waals surface area contributed by atoms with Crippen LogP contribution in [0, 0.1) is 0 Å². The Balaban J connectivity index is 1.51. The fraction of sp³-hybridized carbons (Fsp3) is 0.429. The highest BCUT2D eigenvalue weighted by atomic mass is 16.5. The third kappa shape index (κ3) is 4.17. The fourth-order valence-electron chi connectivity index (χ4n) is 4.04. The third-order valence-corrected chi connectivity index (χ3v) is 5.61. The fourth-order valence-corrected chi connectivity index (χ4v) is 4.04. The second-order valence-corrected chi connectivity index (χ2v) is 7.99. The van der Waals surface area contributed by atoms with Crippen LogP contribution >= 0.6 is 0 Å². The number of imidazole rings is 1. The van der Waals surface area contributed by atoms with E-state index in [1.165, 1.54) is 6.33 Å². The molecule has 1 aromatic carbocycles. The first-order chi connectivity index (χ1) is 14.9. The number of hydrogen-bond acceptors (Lipinski definition) is 8. The molecule has 10 nitrogen and oxygen atoms in total. The molecule has 3 aromatic rings. The standard InChI is InChI=1S/C21H27N7O3/c1-21(30)11-27(20(29)14-4-2-5-15(10-14)31-9-3-7-22)8-6-16(21)28-13-26-17-18(23)24-12-25-19(17)28/h2,4-5,10,12-13,16,30H,3,6-9,11,22H2,1H3,(H2,23,24,25)/t16-,21-/m1/s1. The number of nitrogens with two attached hydrogens (primary N) is 2. The molecule has 1 fully saturated rings. The van der Waals surface area contributed by atoms with Crippen LogP contribution in [0.1, 0.15) is 36.2 Å². The Morgan fingerprint density at radius 1 is 1.35 bits per heavy atom. The number of likely N-dealkylation sites (tertiary alicyclic amines) is 1. The predicted octanol–water partition coefficient (Wildman–Crippen LogP) is 0.974. The summed E-state index contributed by atoms with van der Waals surface area (Å²) in [6.07, 6.45) is 4.29. The van der Waals surface area contributed by atoms with Crippen LogP contribution in [0.25, 0.3) is 11.2 Å². The van der Waals surface area contributed by atoms with E-state index in [2.05, 4.69) is 15.0 Å². The minimum Gasteiger partial charge on any atom is -0.494 e. The van der Waals surface area contributed by atoms with Gasteiger partial charge < -0.3 is 30.8 Å². The molecular formula is C21H27N7O3. The van der Waals surface area contributed by atoms with Crippen LogP contribution in [-0.2, 0) is 0 Å². The Morgan fingerprint density at radius 2 is 2.19 bits per heavy atom. The molecule has 2 aromatic heterocycles. The number of ether oxygens (including phenoxy) is 1. The second kappa shape index (κ2) is 8.48. The van der Waals surface area contributed by atoms with Gasteiger partial charge in [0.1, 0.15) is 23.2 Å². The first kappa shape index (κ1) is 21.0. The van der Waals surface area contributed by atoms with Gasteiger partial charge in [-0.25, -0.2) is 15.0 Å². The van der Waals surface area contributed by atoms with Gasteiger partial charge in [-0.3, -0.25) is 4.79 Å². The number of hydrogen-bond donors (Lipinski definition) is 3. The topological polar surface area (TPSA) is 145 Å². The second-order valence-electron chi connectivity index (χ2n) is 7.99. The van der Waals surface area contributed by atoms with Crippen molar-refractivity contribution in [2.75, 3.05) is 32.0 Å². The van der Waals surface area contributed by atoms with Gasteiger partial charge in [-0.05, 0) is 44.5 Å². The molecule has 1 aliphatic rings. The number of anilines is 1. The third-order valence-electron chi connectivity index (χ3n) is 5.61. The number of aromatic nitrogens is 4. The first-order valence-corrected chi connectivity index (χ1v) is 10.3. The SMILES string of the molecule is C[C@@]1(O)CN(C(=O)c2cccc(OCCCN)c2)CC[C@H]1n1cnc2c(N)ncnc21. The molecule has 10 heteroatoms. The van der Waals surface area contributed by atoms with E-state index in [9.17, 15) is 9.90 Å². The van der Waals surface area contributed by atoms with E-state index in [-0.39, 0.29) is 18.5 Å². The molecule has 1 aliphatic heterocycles. The lowest BCUT2D eigenvalue weighted by Crippen LogP contribution is -2.54. The molecular weight excluding hydrogens is 398 g/mol. The molecule has 0 aliphatic carbocycles. The van der Waals surface area contributed by atoms with E-state index in [4.69, 9.17) is 16.2 Å². The summed E-state index contributed by atoms with van der Waals surface area (Å²) < 4.78 is 7.47. The molecule has 2 atom stereocenters. The molecule has 0 radical (unpaired) electrons. The van der Waals surface area contributed by atoms with Gasteiger partial charge in [0.15, 0.2) is 11.5 Å². The van der Waals surface area contributed by atoms with E-state index in [0.717, 1.165) is 6.42 Å². The van der Waals surface area contributed by atoms with Crippen molar-refractivity contribution in [3.8, 4) is 5.75 Å². The highest BCUT2D eigenvalue weighted by Crippen LogP contribution is 2.34. The molecule has 1 amide bonds. The number of benzene rings is 1. The Kier molecular flexibility index (Phi) is 5.75. The Bertz CT molecular complexity index is 1080. The van der Waals surface area contributed by atoms with Crippen LogP contribution in [0.5, 0.6) is 5.75 Å². The average Bonchev–Trinajstić information content (AvgIpc) is 3.18. The summed E-state index contributed by atoms with van der Waals surface area (Å²) in [6, 6.07) is 6.78. The number of rotatable bonds is 6. The number of piperidine rings is 1. The van der Waals surface area contributed by atoms with Crippen molar-refractivity contribution in [1.29, 1.82) is 0 Å². The summed E-state index contributed by atoms with van der Waals surface area (Å²) in [5.74, 6) is 0.776. The molecule has 0 unspecified atom stereocenters. The van der Waals surface area contributed by atoms with Crippen LogP contribution in [0.2, 0.25) is 0 Å². The van der Waals surface area contributed by atoms with Gasteiger partial charge in [-0.1, -0.05) is 6.07 Å². The van der Waals surface area contributed by atoms with Crippen LogP contribution in [0.4, 0.5) is 5.82 Å². The normalized spacial score (nSPS) is 21.4. The molecule has 1 saturated heterocycles. The summed E-state index contributed by atoms with van der Waals surface area (Å²) >= 11 is 0. The van der Waals surface area contributed by atoms with Crippen LogP contribution < -0.4 is 16.2 Å². The van der Waals surface area contributed by atoms with Crippen molar-refractivity contribution in [3.05, 3.63) is 42.5 Å². The first-order valence-electron chi connectivity index (χ1n) is 10.3. The molecule has 5 N–H and O–H groups in total. The number of nitrogen functional groups attached to an aromatic ring is 1. The average molecular weight is 425 g/mol. The lowest BCUT2D eigenvalue weighted by molar-refractivity contribution is -0.0479. The van der Waals surface area contributed by atoms with Gasteiger partial charge in [0.05, 0.1) is 25.5 Å². The molecule has 31 heavy (non-hydrogen) atoms. The summed E-state index contributed by atoms with van der Waals surface area (Å²) in [6.45, 7) is 3.43. The van der Waals surface area contributed by atoms with Crippen molar-refractivity contribution in [3.63, 3.8) is 0 Å². The molecule has 0 bridgehead atoms. The number of β-amino-alcohol motifs (C(OH)–C–C–N with tert-alkyl or cyclic N) is 1. The quantitative estimate of drug-likeness (QED) is 0.495. The lowest BCUT2D eigenvalue weighted by atomic mass is 9.88. The number of aliphatic hydroxyl groups is 1. The van der Waals surface area contributed by atoms with Crippen LogP contribution in [-0.4, -0.2) is 67.3 Å². The maximum absolute atomic E-state index is 13.1. The molecule has 164 valence electrons. The van der Waals surface area contributed by atoms with Crippen molar-refractivity contribution >= 4 is 22.9 Å². The number of carbonyl (C=O) groups excluding carboxylic acids is 1. The van der Waals surface area contributed by atoms with Gasteiger partial charge in [-0.2, -0.15) is 0 Å². The van der Waals surface area contributed by atoms with Crippen molar-refractivity contribution in [2.24, 2.45) is 5.73 Å². The van der Waals surface area contributed by atoms with E-state index in [1.807, 2.05) is 10.6 Å². The largest absolute Gasteiger partial charge is 0.494 e. The van der Waals surface area contributed by atoms with Crippen LogP contribution in [0.15, 0.2) is 36.9 Å². The highest BCUT2D eigenvalue weighted by molar-refractivity contribution is 5.94. The van der Waals surface area contributed by atoms with E-state index < -0.39 is 5.60 Å². The molecule has 0 spiro atoms. The summed E-state index contributed by atoms with van der Waals surface area (Å²) in [7, 11) is 0. The highest BCUT2D eigenvalue weighted by Gasteiger charge is 2.41. The van der Waals surface area contributed by atoms with E-state index >= 15 is 0 Å². The lowest BCUT2D eigenvalue weighted by Gasteiger charge is -2.43. The van der Waals surface area contributed by atoms with E-state index in [1.54, 1.807) is 36.4 Å². The zero-order chi connectivity index (χ0) is 22.0. The molecule has 0 saturated carbocycles. The maximum Gasteiger partial charge on any atom is 0.254 e. The van der Waals surface area contributed by atoms with Gasteiger partial charge in [-0.15, -0.1) is 0 Å². The Labute approximate surface area is 179 Å². The minimum atomic E-state index is -1.18. The molecule has 4 rings (SSSR count). The summed E-state index contributed by atoms with van der Waals surface area (Å²) in [5.41, 5.74) is 11.8. The van der Waals surface area contributed by atoms with Gasteiger partial charge in [0, 0.05) is 12.1 Å². The maximum atomic E-state index is 13.1. The Hall–Kier alpha value is -3.24. The van der Waals surface area contributed by atoms with Crippen molar-refractivity contribution in [1.82, 2.24) is 24.4 Å².